The molecule has 1 aromatic rings. The van der Waals surface area contributed by atoms with Crippen LogP contribution in [0.25, 0.3) is 0 Å². The zero-order chi connectivity index (χ0) is 9.84. The van der Waals surface area contributed by atoms with E-state index in [1.807, 2.05) is 19.9 Å². The molecule has 13 heavy (non-hydrogen) atoms. The number of ether oxygens (including phenoxy) is 1. The van der Waals surface area contributed by atoms with Crippen molar-refractivity contribution in [1.29, 1.82) is 0 Å². The summed E-state index contributed by atoms with van der Waals surface area (Å²) in [5, 5.41) is 0. The lowest BCUT2D eigenvalue weighted by Crippen LogP contribution is -2.07. The SMILES string of the molecule is CC(C)Oc1c(Br)cccc1C=O. The van der Waals surface area contributed by atoms with Crippen LogP contribution in [0.2, 0.25) is 0 Å². The lowest BCUT2D eigenvalue weighted by molar-refractivity contribution is 0.111. The quantitative estimate of drug-likeness (QED) is 0.762. The Morgan fingerprint density at radius 1 is 1.46 bits per heavy atom. The lowest BCUT2D eigenvalue weighted by atomic mass is 10.2. The van der Waals surface area contributed by atoms with Gasteiger partial charge in [0.1, 0.15) is 5.75 Å². The van der Waals surface area contributed by atoms with E-state index in [9.17, 15) is 4.79 Å². The number of halogens is 1. The fourth-order valence-corrected chi connectivity index (χ4v) is 1.45. The Labute approximate surface area is 86.0 Å². The maximum absolute atomic E-state index is 10.7. The first kappa shape index (κ1) is 10.3. The summed E-state index contributed by atoms with van der Waals surface area (Å²) in [6.45, 7) is 3.85. The van der Waals surface area contributed by atoms with Crippen molar-refractivity contribution < 1.29 is 9.53 Å². The standard InChI is InChI=1S/C10H11BrO2/c1-7(2)13-10-8(6-12)4-3-5-9(10)11/h3-7H,1-2H3. The van der Waals surface area contributed by atoms with Crippen LogP contribution in [0.4, 0.5) is 0 Å². The van der Waals surface area contributed by atoms with Gasteiger partial charge in [-0.25, -0.2) is 0 Å². The summed E-state index contributed by atoms with van der Waals surface area (Å²) in [6.07, 6.45) is 0.861. The van der Waals surface area contributed by atoms with Gasteiger partial charge in [0.25, 0.3) is 0 Å². The molecular weight excluding hydrogens is 232 g/mol. The van der Waals surface area contributed by atoms with Crippen molar-refractivity contribution in [3.63, 3.8) is 0 Å². The van der Waals surface area contributed by atoms with Gasteiger partial charge < -0.3 is 4.74 Å². The molecule has 0 heterocycles. The largest absolute Gasteiger partial charge is 0.489 e. The van der Waals surface area contributed by atoms with E-state index in [0.29, 0.717) is 11.3 Å². The predicted octanol–water partition coefficient (Wildman–Crippen LogP) is 3.05. The molecular formula is C10H11BrO2. The third kappa shape index (κ3) is 2.56. The molecule has 0 unspecified atom stereocenters. The van der Waals surface area contributed by atoms with Gasteiger partial charge in [-0.05, 0) is 41.9 Å². The fourth-order valence-electron chi connectivity index (χ4n) is 0.978. The molecule has 0 radical (unpaired) electrons. The summed E-state index contributed by atoms with van der Waals surface area (Å²) >= 11 is 3.33. The van der Waals surface area contributed by atoms with Gasteiger partial charge in [0.05, 0.1) is 16.1 Å². The molecule has 0 amide bonds. The molecule has 0 bridgehead atoms. The Kier molecular flexibility index (Phi) is 3.48. The first-order valence-electron chi connectivity index (χ1n) is 4.05. The average molecular weight is 243 g/mol. The molecule has 0 saturated carbocycles. The molecule has 0 aromatic heterocycles. The molecule has 0 saturated heterocycles. The van der Waals surface area contributed by atoms with Crippen molar-refractivity contribution in [3.05, 3.63) is 28.2 Å². The maximum Gasteiger partial charge on any atom is 0.153 e. The number of para-hydroxylation sites is 1. The molecule has 1 rings (SSSR count). The van der Waals surface area contributed by atoms with Crippen LogP contribution in [0.15, 0.2) is 22.7 Å². The monoisotopic (exact) mass is 242 g/mol. The van der Waals surface area contributed by atoms with Crippen molar-refractivity contribution >= 4 is 22.2 Å². The molecule has 0 fully saturated rings. The Hall–Kier alpha value is -0.830. The van der Waals surface area contributed by atoms with Crippen molar-refractivity contribution in [1.82, 2.24) is 0 Å². The second-order valence-electron chi connectivity index (χ2n) is 2.94. The lowest BCUT2D eigenvalue weighted by Gasteiger charge is -2.12. The van der Waals surface area contributed by atoms with E-state index < -0.39 is 0 Å². The summed E-state index contributed by atoms with van der Waals surface area (Å²) in [4.78, 5) is 10.7. The highest BCUT2D eigenvalue weighted by atomic mass is 79.9. The first-order valence-corrected chi connectivity index (χ1v) is 4.84. The van der Waals surface area contributed by atoms with E-state index in [2.05, 4.69) is 15.9 Å². The van der Waals surface area contributed by atoms with Crippen LogP contribution in [0.5, 0.6) is 5.75 Å². The number of hydrogen-bond acceptors (Lipinski definition) is 2. The molecule has 0 N–H and O–H groups in total. The van der Waals surface area contributed by atoms with Gasteiger partial charge in [0.2, 0.25) is 0 Å². The molecule has 0 atom stereocenters. The van der Waals surface area contributed by atoms with Crippen LogP contribution in [-0.2, 0) is 0 Å². The normalized spacial score (nSPS) is 10.2. The van der Waals surface area contributed by atoms with E-state index in [-0.39, 0.29) is 6.10 Å². The number of aldehydes is 1. The Bertz CT molecular complexity index is 308. The van der Waals surface area contributed by atoms with Crippen LogP contribution >= 0.6 is 15.9 Å². The zero-order valence-corrected chi connectivity index (χ0v) is 9.17. The minimum Gasteiger partial charge on any atom is -0.489 e. The van der Waals surface area contributed by atoms with E-state index in [0.717, 1.165) is 10.8 Å². The zero-order valence-electron chi connectivity index (χ0n) is 7.58. The van der Waals surface area contributed by atoms with Crippen molar-refractivity contribution in [2.24, 2.45) is 0 Å². The summed E-state index contributed by atoms with van der Waals surface area (Å²) in [7, 11) is 0. The van der Waals surface area contributed by atoms with Crippen LogP contribution in [-0.4, -0.2) is 12.4 Å². The summed E-state index contributed by atoms with van der Waals surface area (Å²) in [6, 6.07) is 5.39. The first-order chi connectivity index (χ1) is 6.15. The summed E-state index contributed by atoms with van der Waals surface area (Å²) in [5.41, 5.74) is 0.572. The highest BCUT2D eigenvalue weighted by molar-refractivity contribution is 9.10. The van der Waals surface area contributed by atoms with Crippen LogP contribution in [0, 0.1) is 0 Å². The van der Waals surface area contributed by atoms with Crippen LogP contribution in [0.3, 0.4) is 0 Å². The van der Waals surface area contributed by atoms with Crippen molar-refractivity contribution in [2.75, 3.05) is 0 Å². The average Bonchev–Trinajstić information content (AvgIpc) is 2.08. The summed E-state index contributed by atoms with van der Waals surface area (Å²) < 4.78 is 6.30. The van der Waals surface area contributed by atoms with E-state index in [1.165, 1.54) is 0 Å². The smallest absolute Gasteiger partial charge is 0.153 e. The molecule has 2 nitrogen and oxygen atoms in total. The van der Waals surface area contributed by atoms with Crippen LogP contribution in [0.1, 0.15) is 24.2 Å². The molecule has 1 aromatic carbocycles. The third-order valence-electron chi connectivity index (χ3n) is 1.48. The number of rotatable bonds is 3. The summed E-state index contributed by atoms with van der Waals surface area (Å²) in [5.74, 6) is 0.618. The maximum atomic E-state index is 10.7. The van der Waals surface area contributed by atoms with Crippen molar-refractivity contribution in [2.45, 2.75) is 20.0 Å². The molecule has 70 valence electrons. The fraction of sp³-hybridized carbons (Fsp3) is 0.300. The number of carbonyl (C=O) groups excluding carboxylic acids is 1. The Balaban J connectivity index is 3.07. The van der Waals surface area contributed by atoms with Gasteiger partial charge >= 0.3 is 0 Å². The molecule has 0 aliphatic rings. The molecule has 3 heteroatoms. The van der Waals surface area contributed by atoms with Gasteiger partial charge in [-0.15, -0.1) is 0 Å². The Morgan fingerprint density at radius 2 is 2.15 bits per heavy atom. The van der Waals surface area contributed by atoms with Gasteiger partial charge in [-0.1, -0.05) is 6.07 Å². The highest BCUT2D eigenvalue weighted by Crippen LogP contribution is 2.28. The van der Waals surface area contributed by atoms with Crippen LogP contribution < -0.4 is 4.74 Å². The number of benzene rings is 1. The molecule has 0 spiro atoms. The molecule has 0 aliphatic heterocycles. The van der Waals surface area contributed by atoms with Crippen molar-refractivity contribution in [3.8, 4) is 5.75 Å². The predicted molar refractivity (Wildman–Crippen MR) is 55.3 cm³/mol. The topological polar surface area (TPSA) is 26.3 Å². The highest BCUT2D eigenvalue weighted by Gasteiger charge is 2.08. The second-order valence-corrected chi connectivity index (χ2v) is 3.80. The minimum absolute atomic E-state index is 0.0670. The van der Waals surface area contributed by atoms with Gasteiger partial charge in [-0.2, -0.15) is 0 Å². The van der Waals surface area contributed by atoms with E-state index in [4.69, 9.17) is 4.74 Å². The molecule has 0 aliphatic carbocycles. The van der Waals surface area contributed by atoms with Gasteiger partial charge in [0.15, 0.2) is 6.29 Å². The van der Waals surface area contributed by atoms with Gasteiger partial charge in [0, 0.05) is 0 Å². The third-order valence-corrected chi connectivity index (χ3v) is 2.10. The van der Waals surface area contributed by atoms with Gasteiger partial charge in [-0.3, -0.25) is 4.79 Å². The Morgan fingerprint density at radius 3 is 2.69 bits per heavy atom. The van der Waals surface area contributed by atoms with E-state index in [1.54, 1.807) is 12.1 Å². The number of carbonyl (C=O) groups is 1. The second kappa shape index (κ2) is 4.42. The van der Waals surface area contributed by atoms with E-state index >= 15 is 0 Å². The minimum atomic E-state index is 0.0670. The number of hydrogen-bond donors (Lipinski definition) is 0.